The van der Waals surface area contributed by atoms with Crippen LogP contribution < -0.4 is 22.1 Å². The second kappa shape index (κ2) is 10.9. The number of thiophene rings is 1. The highest BCUT2D eigenvalue weighted by Crippen LogP contribution is 2.37. The average molecular weight is 465 g/mol. The van der Waals surface area contributed by atoms with Crippen molar-refractivity contribution in [3.05, 3.63) is 46.5 Å². The van der Waals surface area contributed by atoms with Crippen molar-refractivity contribution >= 4 is 51.9 Å². The third-order valence-electron chi connectivity index (χ3n) is 4.30. The van der Waals surface area contributed by atoms with Crippen LogP contribution in [-0.4, -0.2) is 35.6 Å². The summed E-state index contributed by atoms with van der Waals surface area (Å²) < 4.78 is 0. The maximum atomic E-state index is 11.6. The molecule has 0 saturated carbocycles. The number of nitrogens with one attached hydrogen (secondary N) is 2. The van der Waals surface area contributed by atoms with E-state index in [1.165, 1.54) is 0 Å². The minimum absolute atomic E-state index is 0.166. The Kier molecular flexibility index (Phi) is 8.61. The van der Waals surface area contributed by atoms with Gasteiger partial charge in [-0.25, -0.2) is 4.79 Å². The Bertz CT molecular complexity index is 1000. The van der Waals surface area contributed by atoms with Crippen LogP contribution in [0, 0.1) is 5.92 Å². The normalized spacial score (nSPS) is 12.3. The van der Waals surface area contributed by atoms with Gasteiger partial charge in [0, 0.05) is 16.4 Å². The molecule has 0 radical (unpaired) electrons. The van der Waals surface area contributed by atoms with E-state index in [2.05, 4.69) is 10.6 Å². The van der Waals surface area contributed by atoms with E-state index in [4.69, 9.17) is 23.1 Å². The summed E-state index contributed by atoms with van der Waals surface area (Å²) in [5, 5.41) is 15.4. The molecule has 10 heteroatoms. The molecule has 7 N–H and O–H groups in total. The van der Waals surface area contributed by atoms with Gasteiger partial charge < -0.3 is 21.9 Å². The number of halogens is 1. The molecule has 0 fully saturated rings. The number of urea groups is 1. The Morgan fingerprint density at radius 3 is 2.48 bits per heavy atom. The fourth-order valence-corrected chi connectivity index (χ4v) is 4.18. The Balaban J connectivity index is 2.13. The average Bonchev–Trinajstić information content (AvgIpc) is 3.08. The first-order chi connectivity index (χ1) is 14.6. The summed E-state index contributed by atoms with van der Waals surface area (Å²) in [6, 6.07) is 5.54. The van der Waals surface area contributed by atoms with Crippen LogP contribution in [0.15, 0.2) is 30.3 Å². The van der Waals surface area contributed by atoms with E-state index in [-0.39, 0.29) is 16.5 Å². The van der Waals surface area contributed by atoms with Crippen LogP contribution in [0.5, 0.6) is 0 Å². The molecule has 3 amide bonds. The zero-order valence-electron chi connectivity index (χ0n) is 17.1. The standard InChI is InChI=1S/C21H25ClN4O4S/c1-11(2)8-16(20(28)29)25-7-3-4-12-5-6-13(9-15(12)22)17-10-14(18(23)27)19(31-17)26-21(24)30/h3-6,9-11,16,25H,7-8H2,1-2H3,(H2,23,27)(H,28,29)(H3,24,26,30)/b4-3+/t16-/m0/s1. The number of rotatable bonds is 10. The number of carboxylic acid groups (broad SMARTS) is 1. The second-order valence-corrected chi connectivity index (χ2v) is 8.73. The molecule has 2 aromatic rings. The fraction of sp³-hybridized carbons (Fsp3) is 0.286. The maximum Gasteiger partial charge on any atom is 0.320 e. The van der Waals surface area contributed by atoms with Gasteiger partial charge in [0.05, 0.1) is 5.56 Å². The van der Waals surface area contributed by atoms with Crippen LogP contribution in [-0.2, 0) is 4.79 Å². The molecular weight excluding hydrogens is 440 g/mol. The van der Waals surface area contributed by atoms with Crippen molar-refractivity contribution in [2.24, 2.45) is 17.4 Å². The number of carbonyl (C=O) groups is 3. The minimum Gasteiger partial charge on any atom is -0.480 e. The third kappa shape index (κ3) is 7.09. The van der Waals surface area contributed by atoms with Crippen molar-refractivity contribution in [1.82, 2.24) is 5.32 Å². The van der Waals surface area contributed by atoms with E-state index >= 15 is 0 Å². The maximum absolute atomic E-state index is 11.6. The summed E-state index contributed by atoms with van der Waals surface area (Å²) in [7, 11) is 0. The predicted molar refractivity (Wildman–Crippen MR) is 124 cm³/mol. The number of carboxylic acids is 1. The number of anilines is 1. The fourth-order valence-electron chi connectivity index (χ4n) is 2.88. The van der Waals surface area contributed by atoms with E-state index < -0.39 is 23.9 Å². The van der Waals surface area contributed by atoms with Crippen molar-refractivity contribution in [2.75, 3.05) is 11.9 Å². The van der Waals surface area contributed by atoms with E-state index in [1.807, 2.05) is 32.1 Å². The monoisotopic (exact) mass is 464 g/mol. The molecule has 1 aromatic heterocycles. The second-order valence-electron chi connectivity index (χ2n) is 7.27. The highest BCUT2D eigenvalue weighted by molar-refractivity contribution is 7.20. The Morgan fingerprint density at radius 1 is 1.23 bits per heavy atom. The quantitative estimate of drug-likeness (QED) is 0.363. The van der Waals surface area contributed by atoms with Gasteiger partial charge in [0.15, 0.2) is 0 Å². The van der Waals surface area contributed by atoms with Gasteiger partial charge in [0.25, 0.3) is 5.91 Å². The summed E-state index contributed by atoms with van der Waals surface area (Å²) in [5.74, 6) is -1.28. The van der Waals surface area contributed by atoms with E-state index in [0.29, 0.717) is 22.9 Å². The summed E-state index contributed by atoms with van der Waals surface area (Å²) in [6.07, 6.45) is 4.15. The van der Waals surface area contributed by atoms with Crippen molar-refractivity contribution in [1.29, 1.82) is 0 Å². The smallest absolute Gasteiger partial charge is 0.320 e. The van der Waals surface area contributed by atoms with Crippen LogP contribution >= 0.6 is 22.9 Å². The minimum atomic E-state index is -0.874. The SMILES string of the molecule is CC(C)C[C@H](NC/C=C/c1ccc(-c2cc(C(N)=O)c(NC(N)=O)s2)cc1Cl)C(=O)O. The molecule has 166 valence electrons. The molecule has 1 aromatic carbocycles. The van der Waals surface area contributed by atoms with Gasteiger partial charge in [-0.3, -0.25) is 14.9 Å². The largest absolute Gasteiger partial charge is 0.480 e. The first-order valence-electron chi connectivity index (χ1n) is 9.51. The van der Waals surface area contributed by atoms with Crippen molar-refractivity contribution in [3.63, 3.8) is 0 Å². The Labute approximate surface area is 189 Å². The van der Waals surface area contributed by atoms with Crippen molar-refractivity contribution in [2.45, 2.75) is 26.3 Å². The molecular formula is C21H25ClN4O4S. The first kappa shape index (κ1) is 24.4. The molecule has 1 atom stereocenters. The predicted octanol–water partition coefficient (Wildman–Crippen LogP) is 3.76. The molecule has 0 unspecified atom stereocenters. The van der Waals surface area contributed by atoms with Gasteiger partial charge in [0.2, 0.25) is 0 Å². The van der Waals surface area contributed by atoms with Crippen molar-refractivity contribution < 1.29 is 19.5 Å². The number of carbonyl (C=O) groups excluding carboxylic acids is 2. The summed E-state index contributed by atoms with van der Waals surface area (Å²) in [5.41, 5.74) is 12.2. The number of nitrogens with two attached hydrogens (primary N) is 2. The Hall–Kier alpha value is -2.88. The van der Waals surface area contributed by atoms with Gasteiger partial charge >= 0.3 is 12.0 Å². The topological polar surface area (TPSA) is 148 Å². The molecule has 0 aliphatic heterocycles. The molecule has 31 heavy (non-hydrogen) atoms. The summed E-state index contributed by atoms with van der Waals surface area (Å²) >= 11 is 7.55. The lowest BCUT2D eigenvalue weighted by molar-refractivity contribution is -0.139. The van der Waals surface area contributed by atoms with E-state index in [0.717, 1.165) is 22.5 Å². The van der Waals surface area contributed by atoms with Crippen LogP contribution in [0.2, 0.25) is 5.02 Å². The zero-order chi connectivity index (χ0) is 23.1. The Morgan fingerprint density at radius 2 is 1.94 bits per heavy atom. The summed E-state index contributed by atoms with van der Waals surface area (Å²) in [4.78, 5) is 34.7. The molecule has 1 heterocycles. The van der Waals surface area contributed by atoms with Gasteiger partial charge in [-0.15, -0.1) is 11.3 Å². The molecule has 0 spiro atoms. The highest BCUT2D eigenvalue weighted by atomic mass is 35.5. The highest BCUT2D eigenvalue weighted by Gasteiger charge is 2.18. The van der Waals surface area contributed by atoms with Gasteiger partial charge in [0.1, 0.15) is 11.0 Å². The molecule has 0 aliphatic carbocycles. The van der Waals surface area contributed by atoms with Gasteiger partial charge in [-0.05, 0) is 35.6 Å². The van der Waals surface area contributed by atoms with Crippen LogP contribution in [0.3, 0.4) is 0 Å². The van der Waals surface area contributed by atoms with Gasteiger partial charge in [-0.2, -0.15) is 0 Å². The molecule has 0 aliphatic rings. The number of hydrogen-bond acceptors (Lipinski definition) is 5. The van der Waals surface area contributed by atoms with Crippen LogP contribution in [0.1, 0.15) is 36.2 Å². The first-order valence-corrected chi connectivity index (χ1v) is 10.7. The van der Waals surface area contributed by atoms with E-state index in [9.17, 15) is 19.5 Å². The molecule has 0 saturated heterocycles. The molecule has 0 bridgehead atoms. The zero-order valence-corrected chi connectivity index (χ0v) is 18.7. The van der Waals surface area contributed by atoms with Gasteiger partial charge in [-0.1, -0.05) is 49.7 Å². The summed E-state index contributed by atoms with van der Waals surface area (Å²) in [6.45, 7) is 4.33. The lowest BCUT2D eigenvalue weighted by atomic mass is 10.0. The van der Waals surface area contributed by atoms with Crippen molar-refractivity contribution in [3.8, 4) is 10.4 Å². The number of hydrogen-bond donors (Lipinski definition) is 5. The lowest BCUT2D eigenvalue weighted by Crippen LogP contribution is -2.37. The van der Waals surface area contributed by atoms with Crippen LogP contribution in [0.25, 0.3) is 16.5 Å². The molecule has 2 rings (SSSR count). The van der Waals surface area contributed by atoms with E-state index in [1.54, 1.807) is 18.2 Å². The number of amides is 3. The number of primary amides is 2. The number of aliphatic carboxylic acids is 1. The molecule has 8 nitrogen and oxygen atoms in total. The number of benzene rings is 1. The van der Waals surface area contributed by atoms with Crippen LogP contribution in [0.4, 0.5) is 9.80 Å². The lowest BCUT2D eigenvalue weighted by Gasteiger charge is -2.15. The third-order valence-corrected chi connectivity index (χ3v) is 5.73.